The largest absolute Gasteiger partial charge is 0.342 e. The molecule has 0 saturated carbocycles. The van der Waals surface area contributed by atoms with Crippen LogP contribution in [0.3, 0.4) is 0 Å². The van der Waals surface area contributed by atoms with Gasteiger partial charge in [-0.1, -0.05) is 0 Å². The molecule has 16 heavy (non-hydrogen) atoms. The van der Waals surface area contributed by atoms with Crippen molar-refractivity contribution in [2.45, 2.75) is 31.7 Å². The molecular weight excluding hydrogens is 224 g/mol. The smallest absolute Gasteiger partial charge is 0.222 e. The second-order valence-electron chi connectivity index (χ2n) is 5.13. The van der Waals surface area contributed by atoms with Gasteiger partial charge in [0.1, 0.15) is 0 Å². The molecule has 0 aromatic heterocycles. The molecule has 0 aromatic rings. The van der Waals surface area contributed by atoms with Crippen molar-refractivity contribution < 1.29 is 4.79 Å². The number of rotatable bonds is 4. The maximum atomic E-state index is 11.7. The maximum Gasteiger partial charge on any atom is 0.222 e. The van der Waals surface area contributed by atoms with Crippen LogP contribution in [0.4, 0.5) is 0 Å². The highest BCUT2D eigenvalue weighted by atomic mass is 35.5. The van der Waals surface area contributed by atoms with Gasteiger partial charge in [-0.15, -0.1) is 11.6 Å². The number of alkyl halides is 1. The zero-order valence-electron chi connectivity index (χ0n) is 9.99. The number of hydrogen-bond donors (Lipinski definition) is 0. The molecule has 0 spiro atoms. The van der Waals surface area contributed by atoms with Crippen molar-refractivity contribution in [2.24, 2.45) is 5.92 Å². The Hall–Kier alpha value is -0.280. The average Bonchev–Trinajstić information content (AvgIpc) is 2.82. The molecule has 2 unspecified atom stereocenters. The molecule has 2 aliphatic rings. The van der Waals surface area contributed by atoms with Gasteiger partial charge in [0.15, 0.2) is 0 Å². The molecule has 1 amide bonds. The van der Waals surface area contributed by atoms with Crippen LogP contribution in [0.2, 0.25) is 0 Å². The lowest BCUT2D eigenvalue weighted by molar-refractivity contribution is -0.127. The van der Waals surface area contributed by atoms with Crippen LogP contribution < -0.4 is 0 Å². The summed E-state index contributed by atoms with van der Waals surface area (Å²) < 4.78 is 0. The van der Waals surface area contributed by atoms with Gasteiger partial charge < -0.3 is 9.80 Å². The van der Waals surface area contributed by atoms with Crippen LogP contribution in [0.5, 0.6) is 0 Å². The summed E-state index contributed by atoms with van der Waals surface area (Å²) in [6.45, 7) is 3.00. The lowest BCUT2D eigenvalue weighted by Crippen LogP contribution is -2.32. The molecule has 2 rings (SSSR count). The molecule has 4 heteroatoms. The van der Waals surface area contributed by atoms with E-state index >= 15 is 0 Å². The summed E-state index contributed by atoms with van der Waals surface area (Å²) in [6, 6.07) is 0.683. The highest BCUT2D eigenvalue weighted by Crippen LogP contribution is 2.22. The minimum atomic E-state index is 0.298. The van der Waals surface area contributed by atoms with Crippen molar-refractivity contribution in [3.8, 4) is 0 Å². The maximum absolute atomic E-state index is 11.7. The van der Waals surface area contributed by atoms with Crippen molar-refractivity contribution in [3.63, 3.8) is 0 Å². The fraction of sp³-hybridized carbons (Fsp3) is 0.917. The Balaban J connectivity index is 1.75. The highest BCUT2D eigenvalue weighted by molar-refractivity contribution is 6.18. The van der Waals surface area contributed by atoms with Crippen LogP contribution in [-0.4, -0.2) is 54.3 Å². The molecule has 2 saturated heterocycles. The third-order valence-corrected chi connectivity index (χ3v) is 4.35. The predicted molar refractivity (Wildman–Crippen MR) is 65.7 cm³/mol. The van der Waals surface area contributed by atoms with Gasteiger partial charge in [0.2, 0.25) is 5.91 Å². The Morgan fingerprint density at radius 2 is 2.31 bits per heavy atom. The molecule has 0 bridgehead atoms. The number of hydrogen-bond acceptors (Lipinski definition) is 2. The van der Waals surface area contributed by atoms with Crippen LogP contribution in [-0.2, 0) is 4.79 Å². The number of amides is 1. The summed E-state index contributed by atoms with van der Waals surface area (Å²) in [5, 5.41) is 0. The molecule has 92 valence electrons. The van der Waals surface area contributed by atoms with Crippen LogP contribution >= 0.6 is 11.6 Å². The molecular formula is C12H21ClN2O. The molecule has 2 atom stereocenters. The molecule has 2 aliphatic heterocycles. The summed E-state index contributed by atoms with van der Waals surface area (Å²) in [7, 11) is 2.19. The average molecular weight is 245 g/mol. The second-order valence-corrected chi connectivity index (χ2v) is 5.44. The standard InChI is InChI=1S/C12H21ClN2O/c1-14-5-2-3-11(14)4-6-15-9-10(8-13)7-12(15)16/h10-11H,2-9H2,1H3. The lowest BCUT2D eigenvalue weighted by atomic mass is 10.1. The van der Waals surface area contributed by atoms with E-state index in [0.717, 1.165) is 19.5 Å². The first-order valence-corrected chi connectivity index (χ1v) is 6.78. The first kappa shape index (κ1) is 12.2. The number of carbonyl (C=O) groups excluding carboxylic acids is 1. The van der Waals surface area contributed by atoms with Crippen molar-refractivity contribution in [2.75, 3.05) is 32.6 Å². The minimum Gasteiger partial charge on any atom is -0.342 e. The van der Waals surface area contributed by atoms with Crippen molar-refractivity contribution in [3.05, 3.63) is 0 Å². The van der Waals surface area contributed by atoms with Gasteiger partial charge in [-0.05, 0) is 38.8 Å². The zero-order chi connectivity index (χ0) is 11.5. The minimum absolute atomic E-state index is 0.298. The number of carbonyl (C=O) groups is 1. The Morgan fingerprint density at radius 3 is 2.88 bits per heavy atom. The van der Waals surface area contributed by atoms with Gasteiger partial charge in [0.05, 0.1) is 0 Å². The Morgan fingerprint density at radius 1 is 1.50 bits per heavy atom. The second kappa shape index (κ2) is 5.37. The summed E-state index contributed by atoms with van der Waals surface area (Å²) in [5.74, 6) is 1.30. The first-order chi connectivity index (χ1) is 7.70. The van der Waals surface area contributed by atoms with E-state index in [4.69, 9.17) is 11.6 Å². The van der Waals surface area contributed by atoms with E-state index in [0.29, 0.717) is 30.2 Å². The fourth-order valence-corrected chi connectivity index (χ4v) is 3.03. The lowest BCUT2D eigenvalue weighted by Gasteiger charge is -2.23. The molecule has 2 fully saturated rings. The number of nitrogens with zero attached hydrogens (tertiary/aromatic N) is 2. The Labute approximate surface area is 103 Å². The van der Waals surface area contributed by atoms with E-state index in [1.165, 1.54) is 19.4 Å². The number of halogens is 1. The van der Waals surface area contributed by atoms with E-state index in [9.17, 15) is 4.79 Å². The molecule has 0 aromatic carbocycles. The van der Waals surface area contributed by atoms with Gasteiger partial charge in [-0.25, -0.2) is 0 Å². The van der Waals surface area contributed by atoms with Crippen LogP contribution in [0.25, 0.3) is 0 Å². The van der Waals surface area contributed by atoms with E-state index in [2.05, 4.69) is 11.9 Å². The third-order valence-electron chi connectivity index (χ3n) is 3.92. The van der Waals surface area contributed by atoms with Crippen molar-refractivity contribution >= 4 is 17.5 Å². The van der Waals surface area contributed by atoms with Gasteiger partial charge in [0.25, 0.3) is 0 Å². The van der Waals surface area contributed by atoms with Gasteiger partial charge in [-0.3, -0.25) is 4.79 Å². The fourth-order valence-electron chi connectivity index (χ4n) is 2.82. The highest BCUT2D eigenvalue weighted by Gasteiger charge is 2.30. The summed E-state index contributed by atoms with van der Waals surface area (Å²) in [5.41, 5.74) is 0. The molecule has 0 radical (unpaired) electrons. The molecule has 3 nitrogen and oxygen atoms in total. The topological polar surface area (TPSA) is 23.6 Å². The van der Waals surface area contributed by atoms with E-state index in [1.54, 1.807) is 0 Å². The summed E-state index contributed by atoms with van der Waals surface area (Å²) >= 11 is 5.80. The first-order valence-electron chi connectivity index (χ1n) is 6.24. The normalized spacial score (nSPS) is 31.6. The van der Waals surface area contributed by atoms with Crippen molar-refractivity contribution in [1.82, 2.24) is 9.80 Å². The summed E-state index contributed by atoms with van der Waals surface area (Å²) in [4.78, 5) is 16.1. The van der Waals surface area contributed by atoms with E-state index < -0.39 is 0 Å². The monoisotopic (exact) mass is 244 g/mol. The van der Waals surface area contributed by atoms with Gasteiger partial charge >= 0.3 is 0 Å². The quantitative estimate of drug-likeness (QED) is 0.701. The molecule has 2 heterocycles. The Kier molecular flexibility index (Phi) is 4.09. The zero-order valence-corrected chi connectivity index (χ0v) is 10.7. The third kappa shape index (κ3) is 2.69. The van der Waals surface area contributed by atoms with Crippen LogP contribution in [0.1, 0.15) is 25.7 Å². The SMILES string of the molecule is CN1CCCC1CCN1CC(CCl)CC1=O. The van der Waals surface area contributed by atoms with E-state index in [-0.39, 0.29) is 0 Å². The Bertz CT molecular complexity index is 259. The molecule has 0 aliphatic carbocycles. The van der Waals surface area contributed by atoms with Crippen molar-refractivity contribution in [1.29, 1.82) is 0 Å². The predicted octanol–water partition coefficient (Wildman–Crippen LogP) is 1.56. The van der Waals surface area contributed by atoms with E-state index in [1.807, 2.05) is 4.90 Å². The summed E-state index contributed by atoms with van der Waals surface area (Å²) in [6.07, 6.45) is 4.37. The van der Waals surface area contributed by atoms with Gasteiger partial charge in [-0.2, -0.15) is 0 Å². The molecule has 0 N–H and O–H groups in total. The van der Waals surface area contributed by atoms with Gasteiger partial charge in [0, 0.05) is 31.4 Å². The van der Waals surface area contributed by atoms with Crippen LogP contribution in [0.15, 0.2) is 0 Å². The van der Waals surface area contributed by atoms with Crippen LogP contribution in [0, 0.1) is 5.92 Å². The number of likely N-dealkylation sites (tertiary alicyclic amines) is 2.